The lowest BCUT2D eigenvalue weighted by molar-refractivity contribution is -0.117. The van der Waals surface area contributed by atoms with E-state index in [-0.39, 0.29) is 0 Å². The largest absolute Gasteiger partial charge is 0.300 e. The van der Waals surface area contributed by atoms with Crippen LogP contribution in [0.3, 0.4) is 0 Å². The van der Waals surface area contributed by atoms with Crippen LogP contribution >= 0.6 is 0 Å². The van der Waals surface area contributed by atoms with E-state index in [4.69, 9.17) is 0 Å². The van der Waals surface area contributed by atoms with E-state index in [0.717, 1.165) is 36.5 Å². The maximum Gasteiger partial charge on any atom is 0.133 e. The number of carbonyl (C=O) groups is 1. The Labute approximate surface area is 92.6 Å². The average molecular weight is 206 g/mol. The molecule has 0 saturated heterocycles. The highest BCUT2D eigenvalue weighted by Gasteiger charge is 2.55. The lowest BCUT2D eigenvalue weighted by Crippen LogP contribution is -2.35. The lowest BCUT2D eigenvalue weighted by Gasteiger charge is -2.41. The number of fused-ring (bicyclic) bond motifs is 2. The van der Waals surface area contributed by atoms with Gasteiger partial charge in [0.1, 0.15) is 5.78 Å². The molecule has 3 saturated carbocycles. The van der Waals surface area contributed by atoms with Gasteiger partial charge in [0.2, 0.25) is 0 Å². The molecule has 84 valence electrons. The SMILES string of the molecule is CC1(C)[C@H]2CC[C@H](C2)[C@@H]1C1CCC(=O)C1. The summed E-state index contributed by atoms with van der Waals surface area (Å²) in [6.07, 6.45) is 7.32. The lowest BCUT2D eigenvalue weighted by atomic mass is 9.63. The Bertz CT molecular complexity index is 292. The van der Waals surface area contributed by atoms with Crippen LogP contribution in [-0.2, 0) is 4.79 Å². The van der Waals surface area contributed by atoms with Crippen molar-refractivity contribution in [3.05, 3.63) is 0 Å². The first-order valence-corrected chi connectivity index (χ1v) is 6.60. The van der Waals surface area contributed by atoms with Crippen molar-refractivity contribution in [3.8, 4) is 0 Å². The third kappa shape index (κ3) is 1.31. The van der Waals surface area contributed by atoms with Crippen LogP contribution in [0.15, 0.2) is 0 Å². The molecule has 4 atom stereocenters. The smallest absolute Gasteiger partial charge is 0.133 e. The fraction of sp³-hybridized carbons (Fsp3) is 0.929. The summed E-state index contributed by atoms with van der Waals surface area (Å²) in [5.74, 6) is 4.05. The van der Waals surface area contributed by atoms with Crippen LogP contribution in [-0.4, -0.2) is 5.78 Å². The van der Waals surface area contributed by atoms with Crippen molar-refractivity contribution in [1.29, 1.82) is 0 Å². The number of hydrogen-bond acceptors (Lipinski definition) is 1. The Morgan fingerprint density at radius 1 is 1.13 bits per heavy atom. The molecule has 3 aliphatic carbocycles. The normalized spacial score (nSPS) is 47.7. The second-order valence-electron chi connectivity index (χ2n) is 6.66. The first kappa shape index (κ1) is 9.86. The summed E-state index contributed by atoms with van der Waals surface area (Å²) in [7, 11) is 0. The molecule has 1 heteroatoms. The van der Waals surface area contributed by atoms with Gasteiger partial charge in [-0.25, -0.2) is 0 Å². The molecule has 0 N–H and O–H groups in total. The van der Waals surface area contributed by atoms with Gasteiger partial charge in [0.15, 0.2) is 0 Å². The predicted octanol–water partition coefficient (Wildman–Crippen LogP) is 3.43. The van der Waals surface area contributed by atoms with Crippen LogP contribution in [0, 0.1) is 29.1 Å². The number of carbonyl (C=O) groups excluding carboxylic acids is 1. The van der Waals surface area contributed by atoms with Crippen molar-refractivity contribution in [2.24, 2.45) is 29.1 Å². The van der Waals surface area contributed by atoms with Crippen LogP contribution in [0.5, 0.6) is 0 Å². The predicted molar refractivity (Wildman–Crippen MR) is 60.5 cm³/mol. The van der Waals surface area contributed by atoms with E-state index >= 15 is 0 Å². The van der Waals surface area contributed by atoms with E-state index in [1.54, 1.807) is 0 Å². The molecule has 0 aromatic rings. The van der Waals surface area contributed by atoms with Crippen LogP contribution < -0.4 is 0 Å². The molecule has 1 unspecified atom stereocenters. The van der Waals surface area contributed by atoms with Gasteiger partial charge in [0.05, 0.1) is 0 Å². The first-order valence-electron chi connectivity index (χ1n) is 6.60. The van der Waals surface area contributed by atoms with Crippen molar-refractivity contribution >= 4 is 5.78 Å². The van der Waals surface area contributed by atoms with Crippen LogP contribution in [0.1, 0.15) is 52.4 Å². The highest BCUT2D eigenvalue weighted by molar-refractivity contribution is 5.80. The van der Waals surface area contributed by atoms with E-state index in [0.29, 0.717) is 11.2 Å². The zero-order valence-electron chi connectivity index (χ0n) is 9.96. The molecule has 15 heavy (non-hydrogen) atoms. The minimum atomic E-state index is 0.526. The quantitative estimate of drug-likeness (QED) is 0.642. The molecule has 3 rings (SSSR count). The summed E-state index contributed by atoms with van der Waals surface area (Å²) >= 11 is 0. The summed E-state index contributed by atoms with van der Waals surface area (Å²) in [4.78, 5) is 11.4. The summed E-state index contributed by atoms with van der Waals surface area (Å²) in [5, 5.41) is 0. The van der Waals surface area contributed by atoms with E-state index in [1.807, 2.05) is 0 Å². The van der Waals surface area contributed by atoms with Crippen molar-refractivity contribution in [3.63, 3.8) is 0 Å². The van der Waals surface area contributed by atoms with Crippen molar-refractivity contribution in [1.82, 2.24) is 0 Å². The standard InChI is InChI=1S/C14H22O/c1-14(2)11-5-3-9(7-11)13(14)10-4-6-12(15)8-10/h9-11,13H,3-8H2,1-2H3/t9-,10?,11+,13-/m1/s1. The van der Waals surface area contributed by atoms with Crippen LogP contribution in [0.4, 0.5) is 0 Å². The minimum Gasteiger partial charge on any atom is -0.300 e. The van der Waals surface area contributed by atoms with Gasteiger partial charge in [0, 0.05) is 12.8 Å². The van der Waals surface area contributed by atoms with Gasteiger partial charge in [-0.1, -0.05) is 13.8 Å². The maximum absolute atomic E-state index is 11.4. The van der Waals surface area contributed by atoms with E-state index in [2.05, 4.69) is 13.8 Å². The van der Waals surface area contributed by atoms with Crippen molar-refractivity contribution in [2.45, 2.75) is 52.4 Å². The second kappa shape index (κ2) is 3.09. The molecular formula is C14H22O. The van der Waals surface area contributed by atoms with Crippen LogP contribution in [0.25, 0.3) is 0 Å². The van der Waals surface area contributed by atoms with Gasteiger partial charge in [-0.2, -0.15) is 0 Å². The van der Waals surface area contributed by atoms with Crippen molar-refractivity contribution < 1.29 is 4.79 Å². The zero-order chi connectivity index (χ0) is 10.6. The molecule has 0 aromatic heterocycles. The van der Waals surface area contributed by atoms with Gasteiger partial charge in [-0.15, -0.1) is 0 Å². The molecule has 0 aromatic carbocycles. The summed E-state index contributed by atoms with van der Waals surface area (Å²) in [6.45, 7) is 4.93. The molecule has 0 aliphatic heterocycles. The molecule has 0 amide bonds. The fourth-order valence-corrected chi connectivity index (χ4v) is 5.04. The second-order valence-corrected chi connectivity index (χ2v) is 6.66. The molecular weight excluding hydrogens is 184 g/mol. The number of Topliss-reactive ketones (excluding diaryl/α,β-unsaturated/α-hetero) is 1. The number of hydrogen-bond donors (Lipinski definition) is 0. The minimum absolute atomic E-state index is 0.526. The number of ketones is 1. The Kier molecular flexibility index (Phi) is 2.03. The summed E-state index contributed by atoms with van der Waals surface area (Å²) in [6, 6.07) is 0. The Balaban J connectivity index is 1.83. The Morgan fingerprint density at radius 2 is 1.93 bits per heavy atom. The third-order valence-corrected chi connectivity index (χ3v) is 5.68. The molecule has 0 heterocycles. The average Bonchev–Trinajstić information content (AvgIpc) is 2.79. The van der Waals surface area contributed by atoms with Crippen LogP contribution in [0.2, 0.25) is 0 Å². The molecule has 2 bridgehead atoms. The fourth-order valence-electron chi connectivity index (χ4n) is 5.04. The zero-order valence-corrected chi connectivity index (χ0v) is 9.96. The van der Waals surface area contributed by atoms with E-state index in [1.165, 1.54) is 25.7 Å². The molecule has 3 fully saturated rings. The van der Waals surface area contributed by atoms with Gasteiger partial charge >= 0.3 is 0 Å². The molecule has 1 nitrogen and oxygen atoms in total. The van der Waals surface area contributed by atoms with Crippen molar-refractivity contribution in [2.75, 3.05) is 0 Å². The van der Waals surface area contributed by atoms with Gasteiger partial charge in [0.25, 0.3) is 0 Å². The molecule has 3 aliphatic rings. The van der Waals surface area contributed by atoms with E-state index < -0.39 is 0 Å². The molecule has 0 spiro atoms. The highest BCUT2D eigenvalue weighted by atomic mass is 16.1. The first-order chi connectivity index (χ1) is 7.09. The topological polar surface area (TPSA) is 17.1 Å². The third-order valence-electron chi connectivity index (χ3n) is 5.68. The Morgan fingerprint density at radius 3 is 2.47 bits per heavy atom. The highest BCUT2D eigenvalue weighted by Crippen LogP contribution is 2.63. The van der Waals surface area contributed by atoms with Gasteiger partial charge in [-0.05, 0) is 54.8 Å². The van der Waals surface area contributed by atoms with Gasteiger partial charge < -0.3 is 0 Å². The van der Waals surface area contributed by atoms with E-state index in [9.17, 15) is 4.79 Å². The Hall–Kier alpha value is -0.330. The summed E-state index contributed by atoms with van der Waals surface area (Å²) < 4.78 is 0. The maximum atomic E-state index is 11.4. The monoisotopic (exact) mass is 206 g/mol. The number of rotatable bonds is 1. The van der Waals surface area contributed by atoms with Gasteiger partial charge in [-0.3, -0.25) is 4.79 Å². The molecule has 0 radical (unpaired) electrons. The summed E-state index contributed by atoms with van der Waals surface area (Å²) in [5.41, 5.74) is 0.526.